The number of rotatable bonds is 10. The Morgan fingerprint density at radius 2 is 0.984 bits per heavy atom. The van der Waals surface area contributed by atoms with Crippen molar-refractivity contribution in [3.8, 4) is 68.5 Å². The van der Waals surface area contributed by atoms with E-state index >= 15 is 0 Å². The lowest BCUT2D eigenvalue weighted by atomic mass is 9.90. The van der Waals surface area contributed by atoms with Crippen molar-refractivity contribution in [2.45, 2.75) is 27.1 Å². The molecule has 0 aliphatic carbocycles. The van der Waals surface area contributed by atoms with Crippen molar-refractivity contribution in [2.75, 3.05) is 23.8 Å². The molecule has 62 heavy (non-hydrogen) atoms. The molecule has 1 aliphatic heterocycles. The van der Waals surface area contributed by atoms with E-state index in [9.17, 15) is 9.59 Å². The SMILES string of the molecule is CC(=O)Nc1cccc(-c2cc3ccc4c(c3cc2OCc2ccccc2)-c2c(ccc3cc(-c5cccc(NC(C)=O)n5)c(OCc5ccccc5)cc23)OCC#CCO4)n1. The lowest BCUT2D eigenvalue weighted by Crippen LogP contribution is -2.07. The molecule has 2 N–H and O–H groups in total. The summed E-state index contributed by atoms with van der Waals surface area (Å²) in [6, 6.07) is 47.1. The second-order valence-electron chi connectivity index (χ2n) is 14.7. The smallest absolute Gasteiger partial charge is 0.222 e. The normalized spacial score (nSPS) is 11.8. The molecule has 0 atom stereocenters. The number of pyridine rings is 2. The van der Waals surface area contributed by atoms with Gasteiger partial charge in [-0.25, -0.2) is 9.97 Å². The van der Waals surface area contributed by atoms with E-state index < -0.39 is 0 Å². The van der Waals surface area contributed by atoms with E-state index in [1.807, 2.05) is 121 Å². The Morgan fingerprint density at radius 3 is 1.40 bits per heavy atom. The third-order valence-corrected chi connectivity index (χ3v) is 10.3. The van der Waals surface area contributed by atoms with E-state index in [2.05, 4.69) is 34.6 Å². The van der Waals surface area contributed by atoms with Crippen LogP contribution in [0.5, 0.6) is 23.0 Å². The van der Waals surface area contributed by atoms with E-state index in [4.69, 9.17) is 28.9 Å². The Labute approximate surface area is 358 Å². The number of hydrogen-bond acceptors (Lipinski definition) is 8. The zero-order valence-corrected chi connectivity index (χ0v) is 34.0. The van der Waals surface area contributed by atoms with Crippen LogP contribution in [-0.4, -0.2) is 35.0 Å². The molecule has 0 saturated heterocycles. The highest BCUT2D eigenvalue weighted by atomic mass is 16.5. The highest BCUT2D eigenvalue weighted by molar-refractivity contribution is 6.12. The van der Waals surface area contributed by atoms with Gasteiger partial charge in [-0.05, 0) is 93.3 Å². The van der Waals surface area contributed by atoms with Crippen LogP contribution in [-0.2, 0) is 22.8 Å². The maximum atomic E-state index is 12.0. The Balaban J connectivity index is 1.28. The molecule has 0 bridgehead atoms. The number of hydrogen-bond donors (Lipinski definition) is 2. The minimum absolute atomic E-state index is 0.156. The Kier molecular flexibility index (Phi) is 11.2. The van der Waals surface area contributed by atoms with Crippen LogP contribution >= 0.6 is 0 Å². The van der Waals surface area contributed by atoms with E-state index in [-0.39, 0.29) is 25.0 Å². The fourth-order valence-electron chi connectivity index (χ4n) is 7.53. The number of benzene rings is 6. The van der Waals surface area contributed by atoms with Gasteiger partial charge in [0.15, 0.2) is 0 Å². The summed E-state index contributed by atoms with van der Waals surface area (Å²) in [4.78, 5) is 33.7. The molecule has 2 amide bonds. The van der Waals surface area contributed by atoms with Crippen molar-refractivity contribution in [1.82, 2.24) is 9.97 Å². The average Bonchev–Trinajstić information content (AvgIpc) is 3.28. The third-order valence-electron chi connectivity index (χ3n) is 10.3. The molecule has 0 radical (unpaired) electrons. The van der Waals surface area contributed by atoms with Gasteiger partial charge < -0.3 is 29.6 Å². The van der Waals surface area contributed by atoms with E-state index in [1.54, 1.807) is 12.1 Å². The van der Waals surface area contributed by atoms with E-state index in [0.29, 0.717) is 59.2 Å². The number of aromatic nitrogens is 2. The van der Waals surface area contributed by atoms with Crippen LogP contribution in [0.2, 0.25) is 0 Å². The Hall–Kier alpha value is -8.16. The summed E-state index contributed by atoms with van der Waals surface area (Å²) < 4.78 is 26.4. The summed E-state index contributed by atoms with van der Waals surface area (Å²) in [6.45, 7) is 3.83. The molecule has 1 aliphatic rings. The van der Waals surface area contributed by atoms with E-state index in [1.165, 1.54) is 13.8 Å². The van der Waals surface area contributed by atoms with Gasteiger partial charge in [-0.3, -0.25) is 9.59 Å². The van der Waals surface area contributed by atoms with Gasteiger partial charge in [0.25, 0.3) is 0 Å². The van der Waals surface area contributed by atoms with Crippen LogP contribution in [0.3, 0.4) is 0 Å². The van der Waals surface area contributed by atoms with Gasteiger partial charge in [0.2, 0.25) is 11.8 Å². The average molecular weight is 817 g/mol. The van der Waals surface area contributed by atoms with Gasteiger partial charge in [-0.1, -0.05) is 96.8 Å². The maximum Gasteiger partial charge on any atom is 0.222 e. The first-order valence-electron chi connectivity index (χ1n) is 20.1. The molecular weight excluding hydrogens is 777 g/mol. The van der Waals surface area contributed by atoms with E-state index in [0.717, 1.165) is 54.9 Å². The summed E-state index contributed by atoms with van der Waals surface area (Å²) >= 11 is 0. The second kappa shape index (κ2) is 17.6. The van der Waals surface area contributed by atoms with Crippen molar-refractivity contribution in [3.05, 3.63) is 157 Å². The predicted octanol–water partition coefficient (Wildman–Crippen LogP) is 10.6. The first-order valence-corrected chi connectivity index (χ1v) is 20.1. The molecule has 304 valence electrons. The topological polar surface area (TPSA) is 121 Å². The minimum Gasteiger partial charge on any atom is -0.488 e. The zero-order chi connectivity index (χ0) is 42.4. The number of ether oxygens (including phenoxy) is 4. The summed E-state index contributed by atoms with van der Waals surface area (Å²) in [5, 5.41) is 9.09. The van der Waals surface area contributed by atoms with Gasteiger partial charge >= 0.3 is 0 Å². The first kappa shape index (κ1) is 39.3. The molecule has 0 saturated carbocycles. The fraction of sp³-hybridized carbons (Fsp3) is 0.115. The molecule has 0 fully saturated rings. The Morgan fingerprint density at radius 1 is 0.548 bits per heavy atom. The number of nitrogens with one attached hydrogen (secondary N) is 2. The molecule has 10 nitrogen and oxygen atoms in total. The number of carbonyl (C=O) groups excluding carboxylic acids is 2. The molecule has 10 heteroatoms. The minimum atomic E-state index is -0.215. The van der Waals surface area contributed by atoms with Crippen LogP contribution in [0, 0.1) is 11.8 Å². The monoisotopic (exact) mass is 816 g/mol. The van der Waals surface area contributed by atoms with Gasteiger partial charge in [0, 0.05) is 36.1 Å². The fourth-order valence-corrected chi connectivity index (χ4v) is 7.53. The van der Waals surface area contributed by atoms with Crippen LogP contribution in [0.4, 0.5) is 11.6 Å². The van der Waals surface area contributed by atoms with Gasteiger partial charge in [0.05, 0.1) is 11.4 Å². The van der Waals surface area contributed by atoms with Gasteiger partial charge in [0.1, 0.15) is 61.1 Å². The summed E-state index contributed by atoms with van der Waals surface area (Å²) in [5.41, 5.74) is 6.32. The number of anilines is 2. The quantitative estimate of drug-likeness (QED) is 0.131. The Bertz CT molecular complexity index is 2850. The molecule has 3 heterocycles. The highest BCUT2D eigenvalue weighted by Gasteiger charge is 2.24. The molecular formula is C52H40N4O6. The molecule has 6 aromatic carbocycles. The van der Waals surface area contributed by atoms with Crippen molar-refractivity contribution < 1.29 is 28.5 Å². The van der Waals surface area contributed by atoms with Crippen LogP contribution in [0.1, 0.15) is 25.0 Å². The molecule has 9 rings (SSSR count). The maximum absolute atomic E-state index is 12.0. The largest absolute Gasteiger partial charge is 0.488 e. The molecule has 0 unspecified atom stereocenters. The molecule has 2 aromatic heterocycles. The first-order chi connectivity index (χ1) is 30.4. The van der Waals surface area contributed by atoms with Gasteiger partial charge in [-0.2, -0.15) is 0 Å². The van der Waals surface area contributed by atoms with Crippen LogP contribution < -0.4 is 29.6 Å². The van der Waals surface area contributed by atoms with Crippen LogP contribution in [0.25, 0.3) is 55.2 Å². The van der Waals surface area contributed by atoms with Crippen molar-refractivity contribution >= 4 is 45.0 Å². The second-order valence-corrected chi connectivity index (χ2v) is 14.7. The van der Waals surface area contributed by atoms with Crippen molar-refractivity contribution in [3.63, 3.8) is 0 Å². The van der Waals surface area contributed by atoms with Crippen LogP contribution in [0.15, 0.2) is 146 Å². The predicted molar refractivity (Wildman–Crippen MR) is 242 cm³/mol. The molecule has 0 spiro atoms. The summed E-state index contributed by atoms with van der Waals surface area (Å²) in [7, 11) is 0. The van der Waals surface area contributed by atoms with Crippen molar-refractivity contribution in [2.24, 2.45) is 0 Å². The lowest BCUT2D eigenvalue weighted by molar-refractivity contribution is -0.115. The molecule has 8 aromatic rings. The van der Waals surface area contributed by atoms with Gasteiger partial charge in [-0.15, -0.1) is 0 Å². The summed E-state index contributed by atoms with van der Waals surface area (Å²) in [6.07, 6.45) is 0. The standard InChI is InChI=1S/C52H40N4O6/c1-33(57)53-49-19-11-17-43(55-49)41-27-37-21-23-45-51(39(37)29-47(41)61-31-35-13-5-3-6-14-35)52-40-30-48(62-32-36-15-7-4-8-16-36)42(44-18-12-20-50(56-44)54-34(2)58)28-38(40)22-24-46(52)60-26-10-9-25-59-45/h3-8,11-24,27-30H,25-26,31-32H2,1-2H3,(H,53,55,57)(H,54,56,58). The number of nitrogens with zero attached hydrogens (tertiary/aromatic N) is 2. The third kappa shape index (κ3) is 8.60. The highest BCUT2D eigenvalue weighted by Crippen LogP contribution is 2.49. The zero-order valence-electron chi connectivity index (χ0n) is 34.0. The lowest BCUT2D eigenvalue weighted by Gasteiger charge is -2.22. The number of amides is 2. The number of carbonyl (C=O) groups is 2. The van der Waals surface area contributed by atoms with Crippen molar-refractivity contribution in [1.29, 1.82) is 0 Å². The summed E-state index contributed by atoms with van der Waals surface area (Å²) in [5.74, 6) is 8.99. The number of fused-ring (bicyclic) bond motifs is 7.